The van der Waals surface area contributed by atoms with Crippen molar-refractivity contribution in [2.45, 2.75) is 69.9 Å². The summed E-state index contributed by atoms with van der Waals surface area (Å²) in [4.78, 5) is 2.59. The highest BCUT2D eigenvalue weighted by Crippen LogP contribution is 2.41. The predicted octanol–water partition coefficient (Wildman–Crippen LogP) is 1.99. The Morgan fingerprint density at radius 1 is 1.25 bits per heavy atom. The van der Waals surface area contributed by atoms with Crippen LogP contribution in [0.3, 0.4) is 0 Å². The Kier molecular flexibility index (Phi) is 4.37. The molecule has 1 saturated heterocycles. The van der Waals surface area contributed by atoms with Crippen LogP contribution in [0.2, 0.25) is 0 Å². The molecule has 0 radical (unpaired) electrons. The molecule has 0 aromatic rings. The first-order valence-electron chi connectivity index (χ1n) is 8.38. The highest BCUT2D eigenvalue weighted by Gasteiger charge is 2.47. The highest BCUT2D eigenvalue weighted by atomic mass is 16.7. The van der Waals surface area contributed by atoms with E-state index >= 15 is 0 Å². The van der Waals surface area contributed by atoms with Gasteiger partial charge in [0.15, 0.2) is 5.79 Å². The van der Waals surface area contributed by atoms with Gasteiger partial charge in [-0.2, -0.15) is 0 Å². The monoisotopic (exact) mass is 282 g/mol. The van der Waals surface area contributed by atoms with Crippen LogP contribution in [0.1, 0.15) is 46.0 Å². The first kappa shape index (κ1) is 14.8. The molecular formula is C16H30N2O2. The number of ether oxygens (including phenoxy) is 2. The summed E-state index contributed by atoms with van der Waals surface area (Å²) >= 11 is 0. The molecule has 1 spiro atoms. The van der Waals surface area contributed by atoms with Crippen LogP contribution < -0.4 is 5.32 Å². The van der Waals surface area contributed by atoms with Crippen LogP contribution in [-0.4, -0.2) is 55.6 Å². The lowest BCUT2D eigenvalue weighted by molar-refractivity contribution is -0.194. The zero-order valence-electron chi connectivity index (χ0n) is 13.2. The fraction of sp³-hybridized carbons (Fsp3) is 1.00. The zero-order chi connectivity index (χ0) is 14.2. The molecule has 3 fully saturated rings. The fourth-order valence-electron chi connectivity index (χ4n) is 4.03. The number of nitrogens with zero attached hydrogens (tertiary/aromatic N) is 1. The Balaban J connectivity index is 1.70. The maximum atomic E-state index is 5.97. The largest absolute Gasteiger partial charge is 0.347 e. The van der Waals surface area contributed by atoms with Crippen molar-refractivity contribution < 1.29 is 9.47 Å². The molecular weight excluding hydrogens is 252 g/mol. The quantitative estimate of drug-likeness (QED) is 0.836. The summed E-state index contributed by atoms with van der Waals surface area (Å²) in [6.07, 6.45) is 6.01. The van der Waals surface area contributed by atoms with Gasteiger partial charge in [0, 0.05) is 31.0 Å². The SMILES string of the molecule is CCNC1CCC2(CC1N(C)C(C)C1CC1)OCCO2. The molecule has 1 N–H and O–H groups in total. The molecule has 3 aliphatic rings. The molecule has 0 amide bonds. The molecule has 1 aliphatic heterocycles. The molecule has 20 heavy (non-hydrogen) atoms. The van der Waals surface area contributed by atoms with Gasteiger partial charge in [-0.3, -0.25) is 4.90 Å². The van der Waals surface area contributed by atoms with E-state index in [1.165, 1.54) is 12.8 Å². The second-order valence-corrected chi connectivity index (χ2v) is 6.83. The van der Waals surface area contributed by atoms with Crippen molar-refractivity contribution >= 4 is 0 Å². The zero-order valence-corrected chi connectivity index (χ0v) is 13.2. The van der Waals surface area contributed by atoms with E-state index in [1.807, 2.05) is 0 Å². The van der Waals surface area contributed by atoms with Gasteiger partial charge in [0.25, 0.3) is 0 Å². The van der Waals surface area contributed by atoms with Crippen LogP contribution in [-0.2, 0) is 9.47 Å². The minimum absolute atomic E-state index is 0.284. The van der Waals surface area contributed by atoms with Gasteiger partial charge in [-0.1, -0.05) is 6.92 Å². The molecule has 3 unspecified atom stereocenters. The third kappa shape index (κ3) is 2.89. The number of hydrogen-bond acceptors (Lipinski definition) is 4. The summed E-state index contributed by atoms with van der Waals surface area (Å²) in [7, 11) is 2.30. The number of likely N-dealkylation sites (N-methyl/N-ethyl adjacent to an activating group) is 2. The lowest BCUT2D eigenvalue weighted by Crippen LogP contribution is -2.58. The second-order valence-electron chi connectivity index (χ2n) is 6.83. The first-order chi connectivity index (χ1) is 9.65. The van der Waals surface area contributed by atoms with Gasteiger partial charge in [0.1, 0.15) is 0 Å². The molecule has 0 bridgehead atoms. The van der Waals surface area contributed by atoms with Crippen molar-refractivity contribution in [3.63, 3.8) is 0 Å². The topological polar surface area (TPSA) is 33.7 Å². The van der Waals surface area contributed by atoms with E-state index in [1.54, 1.807) is 0 Å². The molecule has 1 heterocycles. The first-order valence-corrected chi connectivity index (χ1v) is 8.38. The normalized spacial score (nSPS) is 34.8. The number of nitrogens with one attached hydrogen (secondary N) is 1. The van der Waals surface area contributed by atoms with Crippen LogP contribution in [0, 0.1) is 5.92 Å². The number of rotatable bonds is 5. The molecule has 116 valence electrons. The van der Waals surface area contributed by atoms with Gasteiger partial charge in [-0.25, -0.2) is 0 Å². The van der Waals surface area contributed by atoms with Gasteiger partial charge in [-0.15, -0.1) is 0 Å². The van der Waals surface area contributed by atoms with Gasteiger partial charge in [-0.05, 0) is 45.7 Å². The third-order valence-electron chi connectivity index (χ3n) is 5.57. The molecule has 0 aromatic carbocycles. The van der Waals surface area contributed by atoms with E-state index < -0.39 is 0 Å². The molecule has 4 heteroatoms. The Hall–Kier alpha value is -0.160. The van der Waals surface area contributed by atoms with E-state index in [9.17, 15) is 0 Å². The average Bonchev–Trinajstić information content (AvgIpc) is 3.21. The van der Waals surface area contributed by atoms with Crippen molar-refractivity contribution in [1.82, 2.24) is 10.2 Å². The summed E-state index contributed by atoms with van der Waals surface area (Å²) in [5, 5.41) is 3.68. The summed E-state index contributed by atoms with van der Waals surface area (Å²) in [5.41, 5.74) is 0. The Labute approximate surface area is 123 Å². The van der Waals surface area contributed by atoms with Crippen LogP contribution in [0.4, 0.5) is 0 Å². The smallest absolute Gasteiger partial charge is 0.170 e. The maximum absolute atomic E-state index is 5.97. The minimum Gasteiger partial charge on any atom is -0.347 e. The standard InChI is InChI=1S/C16H30N2O2/c1-4-17-14-7-8-16(19-9-10-20-16)11-15(14)18(3)12(2)13-5-6-13/h12-15,17H,4-11H2,1-3H3. The van der Waals surface area contributed by atoms with E-state index in [4.69, 9.17) is 9.47 Å². The Morgan fingerprint density at radius 2 is 1.95 bits per heavy atom. The van der Waals surface area contributed by atoms with E-state index in [0.717, 1.165) is 44.9 Å². The molecule has 0 aromatic heterocycles. The van der Waals surface area contributed by atoms with E-state index in [0.29, 0.717) is 18.1 Å². The van der Waals surface area contributed by atoms with Crippen LogP contribution in [0.25, 0.3) is 0 Å². The summed E-state index contributed by atoms with van der Waals surface area (Å²) in [6, 6.07) is 1.78. The Morgan fingerprint density at radius 3 is 2.55 bits per heavy atom. The molecule has 4 nitrogen and oxygen atoms in total. The average molecular weight is 282 g/mol. The van der Waals surface area contributed by atoms with Crippen molar-refractivity contribution in [2.24, 2.45) is 5.92 Å². The van der Waals surface area contributed by atoms with E-state index in [-0.39, 0.29) is 5.79 Å². The minimum atomic E-state index is -0.284. The molecule has 3 rings (SSSR count). The highest BCUT2D eigenvalue weighted by molar-refractivity contribution is 4.98. The summed E-state index contributed by atoms with van der Waals surface area (Å²) < 4.78 is 11.9. The van der Waals surface area contributed by atoms with Crippen LogP contribution in [0.5, 0.6) is 0 Å². The van der Waals surface area contributed by atoms with Crippen molar-refractivity contribution in [1.29, 1.82) is 0 Å². The van der Waals surface area contributed by atoms with Gasteiger partial charge in [0.05, 0.1) is 13.2 Å². The van der Waals surface area contributed by atoms with Gasteiger partial charge in [0.2, 0.25) is 0 Å². The van der Waals surface area contributed by atoms with Crippen molar-refractivity contribution in [3.8, 4) is 0 Å². The van der Waals surface area contributed by atoms with E-state index in [2.05, 4.69) is 31.1 Å². The lowest BCUT2D eigenvalue weighted by atomic mass is 9.84. The van der Waals surface area contributed by atoms with Crippen molar-refractivity contribution in [2.75, 3.05) is 26.8 Å². The lowest BCUT2D eigenvalue weighted by Gasteiger charge is -2.47. The van der Waals surface area contributed by atoms with Gasteiger partial charge >= 0.3 is 0 Å². The second kappa shape index (κ2) is 5.91. The van der Waals surface area contributed by atoms with Gasteiger partial charge < -0.3 is 14.8 Å². The third-order valence-corrected chi connectivity index (χ3v) is 5.57. The summed E-state index contributed by atoms with van der Waals surface area (Å²) in [5.74, 6) is 0.624. The molecule has 2 saturated carbocycles. The predicted molar refractivity (Wildman–Crippen MR) is 79.7 cm³/mol. The Bertz CT molecular complexity index is 326. The summed E-state index contributed by atoms with van der Waals surface area (Å²) in [6.45, 7) is 7.16. The molecule has 2 aliphatic carbocycles. The van der Waals surface area contributed by atoms with Crippen LogP contribution in [0.15, 0.2) is 0 Å². The fourth-order valence-corrected chi connectivity index (χ4v) is 4.03. The van der Waals surface area contributed by atoms with Crippen LogP contribution >= 0.6 is 0 Å². The van der Waals surface area contributed by atoms with Crippen molar-refractivity contribution in [3.05, 3.63) is 0 Å². The molecule has 3 atom stereocenters. The maximum Gasteiger partial charge on any atom is 0.170 e. The number of hydrogen-bond donors (Lipinski definition) is 1.